The summed E-state index contributed by atoms with van der Waals surface area (Å²) in [6.07, 6.45) is 0.551. The Morgan fingerprint density at radius 3 is 2.58 bits per heavy atom. The van der Waals surface area contributed by atoms with Crippen molar-refractivity contribution in [3.63, 3.8) is 0 Å². The van der Waals surface area contributed by atoms with Gasteiger partial charge in [-0.2, -0.15) is 0 Å². The van der Waals surface area contributed by atoms with Crippen molar-refractivity contribution < 1.29 is 14.3 Å². The highest BCUT2D eigenvalue weighted by atomic mass is 16.5. The van der Waals surface area contributed by atoms with Gasteiger partial charge in [-0.15, -0.1) is 0 Å². The Balaban J connectivity index is 2.86. The summed E-state index contributed by atoms with van der Waals surface area (Å²) in [5.74, 6) is -0.578. The van der Waals surface area contributed by atoms with Crippen molar-refractivity contribution in [2.24, 2.45) is 5.41 Å². The first kappa shape index (κ1) is 9.03. The van der Waals surface area contributed by atoms with Crippen LogP contribution in [-0.4, -0.2) is 37.5 Å². The Bertz CT molecular complexity index is 226. The molecule has 0 aromatic carbocycles. The summed E-state index contributed by atoms with van der Waals surface area (Å²) in [6.45, 7) is 2.26. The molecule has 0 radical (unpaired) electrons. The fourth-order valence-corrected chi connectivity index (χ4v) is 1.44. The second kappa shape index (κ2) is 2.77. The molecule has 0 N–H and O–H groups in total. The normalized spacial score (nSPS) is 29.2. The van der Waals surface area contributed by atoms with Crippen LogP contribution < -0.4 is 0 Å². The molecule has 1 aliphatic heterocycles. The van der Waals surface area contributed by atoms with Gasteiger partial charge in [0.15, 0.2) is 0 Å². The monoisotopic (exact) mass is 171 g/mol. The fraction of sp³-hybridized carbons (Fsp3) is 0.750. The molecule has 12 heavy (non-hydrogen) atoms. The number of carbonyl (C=O) groups is 2. The van der Waals surface area contributed by atoms with Crippen LogP contribution in [0.1, 0.15) is 13.3 Å². The summed E-state index contributed by atoms with van der Waals surface area (Å²) in [5, 5.41) is 0. The van der Waals surface area contributed by atoms with E-state index in [0.717, 1.165) is 0 Å². The Morgan fingerprint density at radius 1 is 1.67 bits per heavy atom. The number of hydrogen-bond donors (Lipinski definition) is 0. The molecule has 0 aromatic rings. The van der Waals surface area contributed by atoms with E-state index in [2.05, 4.69) is 4.74 Å². The van der Waals surface area contributed by atoms with Gasteiger partial charge in [0.05, 0.1) is 7.11 Å². The maximum Gasteiger partial charge on any atom is 0.321 e. The van der Waals surface area contributed by atoms with E-state index in [1.165, 1.54) is 7.11 Å². The van der Waals surface area contributed by atoms with Crippen molar-refractivity contribution in [1.82, 2.24) is 4.90 Å². The van der Waals surface area contributed by atoms with Crippen molar-refractivity contribution in [1.29, 1.82) is 0 Å². The van der Waals surface area contributed by atoms with Gasteiger partial charge in [0, 0.05) is 13.6 Å². The Morgan fingerprint density at radius 2 is 2.25 bits per heavy atom. The first-order valence-corrected chi connectivity index (χ1v) is 3.86. The molecule has 0 bridgehead atoms. The Kier molecular flexibility index (Phi) is 2.08. The predicted octanol–water partition coefficient (Wildman–Crippen LogP) is 0.0278. The zero-order valence-corrected chi connectivity index (χ0v) is 7.59. The summed E-state index contributed by atoms with van der Waals surface area (Å²) in [5.41, 5.74) is -0.941. The molecule has 0 saturated carbocycles. The van der Waals surface area contributed by atoms with E-state index in [9.17, 15) is 9.59 Å². The van der Waals surface area contributed by atoms with Gasteiger partial charge >= 0.3 is 5.97 Å². The first-order chi connectivity index (χ1) is 5.52. The summed E-state index contributed by atoms with van der Waals surface area (Å²) < 4.78 is 4.57. The van der Waals surface area contributed by atoms with Gasteiger partial charge < -0.3 is 9.64 Å². The summed E-state index contributed by atoms with van der Waals surface area (Å²) >= 11 is 0. The number of amides is 1. The molecule has 1 amide bonds. The third-order valence-corrected chi connectivity index (χ3v) is 2.40. The van der Waals surface area contributed by atoms with Crippen molar-refractivity contribution in [3.8, 4) is 0 Å². The van der Waals surface area contributed by atoms with E-state index >= 15 is 0 Å². The van der Waals surface area contributed by atoms with Crippen LogP contribution in [0, 0.1) is 5.41 Å². The first-order valence-electron chi connectivity index (χ1n) is 3.86. The van der Waals surface area contributed by atoms with Gasteiger partial charge in [-0.05, 0) is 13.3 Å². The lowest BCUT2D eigenvalue weighted by atomic mass is 9.89. The highest BCUT2D eigenvalue weighted by molar-refractivity contribution is 6.03. The second-order valence-corrected chi connectivity index (χ2v) is 3.30. The minimum atomic E-state index is -0.941. The van der Waals surface area contributed by atoms with Crippen LogP contribution in [0.5, 0.6) is 0 Å². The zero-order valence-electron chi connectivity index (χ0n) is 7.59. The molecule has 0 spiro atoms. The molecule has 1 heterocycles. The van der Waals surface area contributed by atoms with E-state index in [1.54, 1.807) is 18.9 Å². The molecule has 1 aliphatic rings. The number of likely N-dealkylation sites (tertiary alicyclic amines) is 1. The quantitative estimate of drug-likeness (QED) is 0.413. The molecule has 4 nitrogen and oxygen atoms in total. The lowest BCUT2D eigenvalue weighted by molar-refractivity contribution is -0.157. The van der Waals surface area contributed by atoms with E-state index in [-0.39, 0.29) is 5.91 Å². The third-order valence-electron chi connectivity index (χ3n) is 2.40. The van der Waals surface area contributed by atoms with Crippen LogP contribution in [0.3, 0.4) is 0 Å². The number of rotatable bonds is 1. The van der Waals surface area contributed by atoms with Crippen LogP contribution in [0.2, 0.25) is 0 Å². The standard InChI is InChI=1S/C8H13NO3/c1-8(7(11)12-3)4-5-9(2)6(8)10/h4-5H2,1-3H3. The minimum Gasteiger partial charge on any atom is -0.468 e. The average molecular weight is 171 g/mol. The molecule has 1 unspecified atom stereocenters. The average Bonchev–Trinajstić information content (AvgIpc) is 2.33. The summed E-state index contributed by atoms with van der Waals surface area (Å²) in [7, 11) is 3.00. The van der Waals surface area contributed by atoms with Gasteiger partial charge in [0.25, 0.3) is 0 Å². The van der Waals surface area contributed by atoms with Crippen molar-refractivity contribution in [2.45, 2.75) is 13.3 Å². The van der Waals surface area contributed by atoms with Crippen molar-refractivity contribution in [2.75, 3.05) is 20.7 Å². The number of ether oxygens (including phenoxy) is 1. The molecule has 1 rings (SSSR count). The van der Waals surface area contributed by atoms with Crippen molar-refractivity contribution >= 4 is 11.9 Å². The van der Waals surface area contributed by atoms with Gasteiger partial charge in [-0.1, -0.05) is 0 Å². The smallest absolute Gasteiger partial charge is 0.321 e. The lowest BCUT2D eigenvalue weighted by Crippen LogP contribution is -2.37. The molecule has 1 fully saturated rings. The topological polar surface area (TPSA) is 46.6 Å². The molecular formula is C8H13NO3. The lowest BCUT2D eigenvalue weighted by Gasteiger charge is -2.18. The molecule has 1 saturated heterocycles. The van der Waals surface area contributed by atoms with E-state index in [1.807, 2.05) is 0 Å². The zero-order chi connectivity index (χ0) is 9.35. The number of nitrogens with zero attached hydrogens (tertiary/aromatic N) is 1. The maximum absolute atomic E-state index is 11.5. The number of hydrogen-bond acceptors (Lipinski definition) is 3. The highest BCUT2D eigenvalue weighted by Crippen LogP contribution is 2.31. The number of esters is 1. The number of carbonyl (C=O) groups excluding carboxylic acids is 2. The van der Waals surface area contributed by atoms with Crippen LogP contribution in [-0.2, 0) is 14.3 Å². The Hall–Kier alpha value is -1.06. The molecular weight excluding hydrogens is 158 g/mol. The maximum atomic E-state index is 11.5. The molecule has 68 valence electrons. The van der Waals surface area contributed by atoms with Gasteiger partial charge in [0.2, 0.25) is 5.91 Å². The summed E-state index contributed by atoms with van der Waals surface area (Å²) in [4.78, 5) is 24.2. The van der Waals surface area contributed by atoms with Crippen molar-refractivity contribution in [3.05, 3.63) is 0 Å². The Labute approximate surface area is 71.5 Å². The summed E-state index contributed by atoms with van der Waals surface area (Å²) in [6, 6.07) is 0. The largest absolute Gasteiger partial charge is 0.468 e. The van der Waals surface area contributed by atoms with Crippen LogP contribution in [0.25, 0.3) is 0 Å². The van der Waals surface area contributed by atoms with Crippen LogP contribution >= 0.6 is 0 Å². The predicted molar refractivity (Wildman–Crippen MR) is 42.4 cm³/mol. The van der Waals surface area contributed by atoms with Gasteiger partial charge in [-0.25, -0.2) is 0 Å². The van der Waals surface area contributed by atoms with E-state index in [0.29, 0.717) is 13.0 Å². The third kappa shape index (κ3) is 1.07. The van der Waals surface area contributed by atoms with Gasteiger partial charge in [0.1, 0.15) is 5.41 Å². The molecule has 1 atom stereocenters. The molecule has 4 heteroatoms. The second-order valence-electron chi connectivity index (χ2n) is 3.30. The van der Waals surface area contributed by atoms with E-state index in [4.69, 9.17) is 0 Å². The molecule has 0 aliphatic carbocycles. The van der Waals surface area contributed by atoms with Gasteiger partial charge in [-0.3, -0.25) is 9.59 Å². The fourth-order valence-electron chi connectivity index (χ4n) is 1.44. The molecule has 0 aromatic heterocycles. The van der Waals surface area contributed by atoms with E-state index < -0.39 is 11.4 Å². The van der Waals surface area contributed by atoms with Crippen LogP contribution in [0.15, 0.2) is 0 Å². The minimum absolute atomic E-state index is 0.144. The highest BCUT2D eigenvalue weighted by Gasteiger charge is 2.48. The number of methoxy groups -OCH3 is 1. The van der Waals surface area contributed by atoms with Crippen LogP contribution in [0.4, 0.5) is 0 Å². The SMILES string of the molecule is COC(=O)C1(C)CCN(C)C1=O.